The van der Waals surface area contributed by atoms with Gasteiger partial charge < -0.3 is 10.3 Å². The van der Waals surface area contributed by atoms with E-state index in [0.29, 0.717) is 5.39 Å². The van der Waals surface area contributed by atoms with Gasteiger partial charge in [0.1, 0.15) is 0 Å². The number of hydrogen-bond donors (Lipinski definition) is 1. The summed E-state index contributed by atoms with van der Waals surface area (Å²) in [6.07, 6.45) is 6.78. The Morgan fingerprint density at radius 2 is 2.03 bits per heavy atom. The molecule has 0 saturated heterocycles. The van der Waals surface area contributed by atoms with Crippen LogP contribution in [0.3, 0.4) is 0 Å². The van der Waals surface area contributed by atoms with Gasteiger partial charge in [-0.25, -0.2) is 18.7 Å². The van der Waals surface area contributed by atoms with Gasteiger partial charge in [0.25, 0.3) is 11.5 Å². The molecule has 3 aromatic heterocycles. The molecule has 7 nitrogen and oxygen atoms in total. The number of nitrogens with zero attached hydrogens (tertiary/aromatic N) is 5. The molecule has 0 amide bonds. The number of aromatic nitrogens is 5. The number of aryl methyl sites for hydroxylation is 1. The van der Waals surface area contributed by atoms with Gasteiger partial charge in [-0.05, 0) is 36.3 Å². The van der Waals surface area contributed by atoms with E-state index >= 15 is 0 Å². The average molecular weight is 465 g/mol. The second-order valence-electron chi connectivity index (χ2n) is 9.23. The number of benzene rings is 1. The fourth-order valence-electron chi connectivity index (χ4n) is 4.64. The number of rotatable bonds is 6. The minimum absolute atomic E-state index is 0.0468. The van der Waals surface area contributed by atoms with Crippen molar-refractivity contribution in [2.45, 2.75) is 51.0 Å². The van der Waals surface area contributed by atoms with Crippen LogP contribution >= 0.6 is 0 Å². The molecular formula is C25H26F2N6O. The summed E-state index contributed by atoms with van der Waals surface area (Å²) in [5, 5.41) is 5.71. The number of nitrogens with two attached hydrogens (primary N) is 1. The van der Waals surface area contributed by atoms with Crippen LogP contribution in [0, 0.1) is 0 Å². The highest BCUT2D eigenvalue weighted by Crippen LogP contribution is 2.39. The van der Waals surface area contributed by atoms with Gasteiger partial charge in [-0.15, -0.1) is 0 Å². The summed E-state index contributed by atoms with van der Waals surface area (Å²) in [4.78, 5) is 21.7. The van der Waals surface area contributed by atoms with E-state index in [-0.39, 0.29) is 41.1 Å². The van der Waals surface area contributed by atoms with Crippen molar-refractivity contribution in [2.24, 2.45) is 7.05 Å². The SMILES string of the molecule is C[C@H](Cc1nc(N)ncc1C(C)(F)F)c1cc2cccc(-c3cnn(C)c3)c2c(=O)n1C1CC1. The molecule has 1 fully saturated rings. The second-order valence-corrected chi connectivity index (χ2v) is 9.23. The lowest BCUT2D eigenvalue weighted by molar-refractivity contribution is 0.0157. The van der Waals surface area contributed by atoms with Crippen molar-refractivity contribution < 1.29 is 8.78 Å². The zero-order valence-corrected chi connectivity index (χ0v) is 19.3. The quantitative estimate of drug-likeness (QED) is 0.451. The number of alkyl halides is 2. The minimum Gasteiger partial charge on any atom is -0.368 e. The maximum Gasteiger partial charge on any atom is 0.273 e. The minimum atomic E-state index is -3.10. The maximum atomic E-state index is 14.2. The summed E-state index contributed by atoms with van der Waals surface area (Å²) >= 11 is 0. The van der Waals surface area contributed by atoms with E-state index < -0.39 is 5.92 Å². The predicted octanol–water partition coefficient (Wildman–Crippen LogP) is 4.57. The second kappa shape index (κ2) is 8.00. The number of fused-ring (bicyclic) bond motifs is 1. The summed E-state index contributed by atoms with van der Waals surface area (Å²) in [5.41, 5.74) is 8.13. The zero-order chi connectivity index (χ0) is 24.2. The molecule has 1 aliphatic rings. The first kappa shape index (κ1) is 22.2. The van der Waals surface area contributed by atoms with Crippen molar-refractivity contribution in [3.8, 4) is 11.1 Å². The molecule has 2 N–H and O–H groups in total. The Kier molecular flexibility index (Phi) is 5.22. The number of hydrogen-bond acceptors (Lipinski definition) is 5. The van der Waals surface area contributed by atoms with Crippen LogP contribution in [0.25, 0.3) is 21.9 Å². The van der Waals surface area contributed by atoms with Crippen molar-refractivity contribution in [3.63, 3.8) is 0 Å². The summed E-state index contributed by atoms with van der Waals surface area (Å²) in [7, 11) is 1.84. The third-order valence-electron chi connectivity index (χ3n) is 6.40. The van der Waals surface area contributed by atoms with Gasteiger partial charge in [0, 0.05) is 49.6 Å². The zero-order valence-electron chi connectivity index (χ0n) is 19.3. The Morgan fingerprint density at radius 3 is 2.68 bits per heavy atom. The van der Waals surface area contributed by atoms with Gasteiger partial charge in [-0.3, -0.25) is 9.48 Å². The smallest absolute Gasteiger partial charge is 0.273 e. The third-order valence-corrected chi connectivity index (χ3v) is 6.40. The van der Waals surface area contributed by atoms with Crippen LogP contribution in [0.4, 0.5) is 14.7 Å². The van der Waals surface area contributed by atoms with Crippen molar-refractivity contribution in [3.05, 3.63) is 70.2 Å². The lowest BCUT2D eigenvalue weighted by Gasteiger charge is -2.22. The lowest BCUT2D eigenvalue weighted by atomic mass is 9.94. The van der Waals surface area contributed by atoms with E-state index in [1.807, 2.05) is 49.0 Å². The Morgan fingerprint density at radius 1 is 1.26 bits per heavy atom. The highest BCUT2D eigenvalue weighted by molar-refractivity contribution is 5.96. The first-order valence-corrected chi connectivity index (χ1v) is 11.3. The molecule has 5 rings (SSSR count). The van der Waals surface area contributed by atoms with Crippen LogP contribution in [0.2, 0.25) is 0 Å². The monoisotopic (exact) mass is 464 g/mol. The molecule has 1 saturated carbocycles. The summed E-state index contributed by atoms with van der Waals surface area (Å²) < 4.78 is 32.0. The van der Waals surface area contributed by atoms with Crippen molar-refractivity contribution in [1.82, 2.24) is 24.3 Å². The first-order chi connectivity index (χ1) is 16.1. The van der Waals surface area contributed by atoms with Crippen LogP contribution in [0.1, 0.15) is 55.6 Å². The van der Waals surface area contributed by atoms with Gasteiger partial charge in [-0.1, -0.05) is 25.1 Å². The molecule has 34 heavy (non-hydrogen) atoms. The van der Waals surface area contributed by atoms with Crippen molar-refractivity contribution in [2.75, 3.05) is 5.73 Å². The molecule has 0 aliphatic heterocycles. The Hall–Kier alpha value is -3.62. The van der Waals surface area contributed by atoms with E-state index in [1.165, 1.54) is 0 Å². The topological polar surface area (TPSA) is 91.6 Å². The van der Waals surface area contributed by atoms with Crippen LogP contribution in [-0.2, 0) is 19.4 Å². The molecule has 0 unspecified atom stereocenters. The number of halogens is 2. The van der Waals surface area contributed by atoms with Crippen LogP contribution in [0.5, 0.6) is 0 Å². The van der Waals surface area contributed by atoms with Gasteiger partial charge in [0.2, 0.25) is 5.95 Å². The molecule has 1 atom stereocenters. The predicted molar refractivity (Wildman–Crippen MR) is 127 cm³/mol. The number of nitrogen functional groups attached to an aromatic ring is 1. The Bertz CT molecular complexity index is 1450. The lowest BCUT2D eigenvalue weighted by Crippen LogP contribution is -2.25. The first-order valence-electron chi connectivity index (χ1n) is 11.3. The molecule has 9 heteroatoms. The van der Waals surface area contributed by atoms with Gasteiger partial charge in [0.05, 0.1) is 22.8 Å². The fraction of sp³-hybridized carbons (Fsp3) is 0.360. The molecule has 0 spiro atoms. The Balaban J connectivity index is 1.65. The largest absolute Gasteiger partial charge is 0.368 e. The van der Waals surface area contributed by atoms with E-state index in [1.54, 1.807) is 10.9 Å². The highest BCUT2D eigenvalue weighted by Gasteiger charge is 2.32. The standard InChI is InChI=1S/C25H26F2N6O/c1-14(9-20-19(25(2,26)27)12-29-24(28)31-20)21-10-15-5-4-6-18(16-11-30-32(3)13-16)22(15)23(34)33(21)17-7-8-17/h4-6,10-14,17H,7-9H2,1-3H3,(H2,28,29,31)/t14-/m1/s1. The summed E-state index contributed by atoms with van der Waals surface area (Å²) in [6, 6.07) is 7.88. The van der Waals surface area contributed by atoms with E-state index in [4.69, 9.17) is 5.73 Å². The molecule has 0 radical (unpaired) electrons. The van der Waals surface area contributed by atoms with E-state index in [9.17, 15) is 13.6 Å². The third kappa shape index (κ3) is 3.95. The molecule has 1 aliphatic carbocycles. The summed E-state index contributed by atoms with van der Waals surface area (Å²) in [6.45, 7) is 2.76. The molecular weight excluding hydrogens is 438 g/mol. The summed E-state index contributed by atoms with van der Waals surface area (Å²) in [5.74, 6) is -3.38. The molecule has 0 bridgehead atoms. The number of anilines is 1. The molecule has 3 heterocycles. The van der Waals surface area contributed by atoms with Gasteiger partial charge in [-0.2, -0.15) is 5.10 Å². The maximum absolute atomic E-state index is 14.2. The average Bonchev–Trinajstić information content (AvgIpc) is 3.51. The van der Waals surface area contributed by atoms with Crippen LogP contribution < -0.4 is 11.3 Å². The van der Waals surface area contributed by atoms with E-state index in [2.05, 4.69) is 15.1 Å². The molecule has 176 valence electrons. The van der Waals surface area contributed by atoms with Crippen LogP contribution in [0.15, 0.2) is 47.7 Å². The fourth-order valence-corrected chi connectivity index (χ4v) is 4.64. The van der Waals surface area contributed by atoms with Crippen LogP contribution in [-0.4, -0.2) is 24.3 Å². The molecule has 4 aromatic rings. The Labute approximate surface area is 195 Å². The van der Waals surface area contributed by atoms with Gasteiger partial charge >= 0.3 is 0 Å². The van der Waals surface area contributed by atoms with Crippen molar-refractivity contribution in [1.29, 1.82) is 0 Å². The van der Waals surface area contributed by atoms with Crippen molar-refractivity contribution >= 4 is 16.7 Å². The normalized spacial score (nSPS) is 15.1. The number of pyridine rings is 1. The van der Waals surface area contributed by atoms with E-state index in [0.717, 1.165) is 48.2 Å². The molecule has 1 aromatic carbocycles. The van der Waals surface area contributed by atoms with Gasteiger partial charge in [0.15, 0.2) is 0 Å². The highest BCUT2D eigenvalue weighted by atomic mass is 19.3.